The van der Waals surface area contributed by atoms with E-state index in [0.717, 1.165) is 12.8 Å². The third-order valence-electron chi connectivity index (χ3n) is 2.59. The summed E-state index contributed by atoms with van der Waals surface area (Å²) in [7, 11) is 0. The monoisotopic (exact) mass is 324 g/mol. The first-order valence-corrected chi connectivity index (χ1v) is 5.56. The number of fused-ring (bicyclic) bond motifs is 1. The first-order chi connectivity index (χ1) is 9.79. The van der Waals surface area contributed by atoms with E-state index in [9.17, 15) is 9.59 Å². The fourth-order valence-electron chi connectivity index (χ4n) is 1.81. The van der Waals surface area contributed by atoms with Gasteiger partial charge in [-0.05, 0) is 12.8 Å². The minimum atomic E-state index is 0. The molecule has 0 unspecified atom stereocenters. The molecule has 2 rings (SSSR count). The zero-order chi connectivity index (χ0) is 16.0. The number of benzene rings is 1. The van der Waals surface area contributed by atoms with Crippen LogP contribution in [-0.2, 0) is 31.3 Å². The molecule has 0 aliphatic heterocycles. The van der Waals surface area contributed by atoms with Crippen molar-refractivity contribution >= 4 is 11.6 Å². The molecule has 0 saturated carbocycles. The second-order valence-electron chi connectivity index (χ2n) is 3.60. The van der Waals surface area contributed by atoms with Crippen molar-refractivity contribution in [3.8, 4) is 0 Å². The van der Waals surface area contributed by atoms with E-state index in [-0.39, 0.29) is 28.9 Å². The maximum absolute atomic E-state index is 11.7. The van der Waals surface area contributed by atoms with Crippen LogP contribution in [0.1, 0.15) is 46.4 Å². The van der Waals surface area contributed by atoms with Crippen molar-refractivity contribution in [1.29, 1.82) is 0 Å². The number of carbonyl (C=O) groups excluding carboxylic acids is 2. The van der Waals surface area contributed by atoms with Crippen LogP contribution in [0.5, 0.6) is 0 Å². The summed E-state index contributed by atoms with van der Waals surface area (Å²) in [6, 6.07) is 7.12. The summed E-state index contributed by atoms with van der Waals surface area (Å²) in [5.74, 6) is 0.210. The zero-order valence-corrected chi connectivity index (χ0v) is 12.4. The molecule has 0 aromatic heterocycles. The molecular formula is C15H12CrO5. The quantitative estimate of drug-likeness (QED) is 0.541. The topological polar surface area (TPSA) is 93.8 Å². The summed E-state index contributed by atoms with van der Waals surface area (Å²) in [5, 5.41) is 0. The van der Waals surface area contributed by atoms with E-state index in [4.69, 9.17) is 14.0 Å². The van der Waals surface area contributed by atoms with Crippen molar-refractivity contribution in [1.82, 2.24) is 0 Å². The number of ketones is 2. The van der Waals surface area contributed by atoms with Crippen LogP contribution in [0.2, 0.25) is 0 Å². The van der Waals surface area contributed by atoms with Gasteiger partial charge in [0.1, 0.15) is 0 Å². The molecule has 1 aliphatic carbocycles. The van der Waals surface area contributed by atoms with Gasteiger partial charge in [-0.3, -0.25) is 9.59 Å². The maximum Gasteiger partial charge on any atom is 0 e. The van der Waals surface area contributed by atoms with E-state index in [1.807, 2.05) is 12.1 Å². The molecule has 108 valence electrons. The van der Waals surface area contributed by atoms with Crippen molar-refractivity contribution in [2.75, 3.05) is 0 Å². The normalized spacial score (nSPS) is 11.7. The molecule has 0 bridgehead atoms. The first kappa shape index (κ1) is 24.3. The van der Waals surface area contributed by atoms with E-state index >= 15 is 0 Å². The number of hydrogen-bond acceptors (Lipinski definition) is 2. The van der Waals surface area contributed by atoms with Gasteiger partial charge in [0, 0.05) is 41.3 Å². The van der Waals surface area contributed by atoms with Gasteiger partial charge in [-0.15, -0.1) is 0 Å². The molecule has 6 heteroatoms. The molecule has 0 spiro atoms. The van der Waals surface area contributed by atoms with Crippen LogP contribution in [0.15, 0.2) is 24.3 Å². The van der Waals surface area contributed by atoms with Gasteiger partial charge in [0.05, 0.1) is 0 Å². The Morgan fingerprint density at radius 2 is 1.00 bits per heavy atom. The van der Waals surface area contributed by atoms with E-state index in [1.54, 1.807) is 12.1 Å². The van der Waals surface area contributed by atoms with Crippen molar-refractivity contribution in [3.05, 3.63) is 55.3 Å². The van der Waals surface area contributed by atoms with Crippen LogP contribution >= 0.6 is 0 Å². The van der Waals surface area contributed by atoms with Crippen LogP contribution in [0.3, 0.4) is 0 Å². The average Bonchev–Trinajstić information content (AvgIpc) is 2.55. The molecule has 21 heavy (non-hydrogen) atoms. The van der Waals surface area contributed by atoms with Crippen molar-refractivity contribution in [3.63, 3.8) is 0 Å². The van der Waals surface area contributed by atoms with Crippen molar-refractivity contribution in [2.24, 2.45) is 0 Å². The Balaban J connectivity index is -0.000000414. The van der Waals surface area contributed by atoms with Gasteiger partial charge < -0.3 is 0 Å². The van der Waals surface area contributed by atoms with E-state index in [2.05, 4.69) is 20.0 Å². The van der Waals surface area contributed by atoms with Crippen LogP contribution in [-0.4, -0.2) is 11.6 Å². The molecule has 1 aliphatic rings. The van der Waals surface area contributed by atoms with Gasteiger partial charge in [0.15, 0.2) is 11.6 Å². The third kappa shape index (κ3) is 8.24. The Labute approximate surface area is 134 Å². The molecule has 0 atom stereocenters. The Bertz CT molecular complexity index is 451. The molecule has 0 N–H and O–H groups in total. The van der Waals surface area contributed by atoms with Crippen molar-refractivity contribution in [2.45, 2.75) is 25.7 Å². The third-order valence-corrected chi connectivity index (χ3v) is 2.59. The molecule has 5 nitrogen and oxygen atoms in total. The van der Waals surface area contributed by atoms with Crippen LogP contribution in [0, 0.1) is 20.0 Å². The predicted molar refractivity (Wildman–Crippen MR) is 65.4 cm³/mol. The molecule has 0 fully saturated rings. The van der Waals surface area contributed by atoms with Gasteiger partial charge in [-0.1, -0.05) is 24.3 Å². The second-order valence-corrected chi connectivity index (χ2v) is 3.60. The van der Waals surface area contributed by atoms with Gasteiger partial charge >= 0.3 is 33.9 Å². The average molecular weight is 324 g/mol. The summed E-state index contributed by atoms with van der Waals surface area (Å²) in [4.78, 5) is 23.3. The predicted octanol–water partition coefficient (Wildman–Crippen LogP) is 2.51. The Morgan fingerprint density at radius 3 is 1.29 bits per heavy atom. The molecule has 0 heterocycles. The minimum absolute atomic E-state index is 0. The number of carbonyl (C=O) groups is 2. The second kappa shape index (κ2) is 16.4. The Morgan fingerprint density at radius 1 is 0.714 bits per heavy atom. The van der Waals surface area contributed by atoms with Crippen molar-refractivity contribution < 1.29 is 40.9 Å². The smallest absolute Gasteiger partial charge is 0 e. The maximum atomic E-state index is 11.7. The Kier molecular flexibility index (Phi) is 19.0. The van der Waals surface area contributed by atoms with Crippen LogP contribution in [0.4, 0.5) is 0 Å². The fraction of sp³-hybridized carbons (Fsp3) is 0.267. The number of Topliss-reactive ketones (excluding diaryl/α,β-unsaturated/α-hetero) is 2. The van der Waals surface area contributed by atoms with Gasteiger partial charge in [0.25, 0.3) is 0 Å². The summed E-state index contributed by atoms with van der Waals surface area (Å²) in [6.07, 6.45) is 2.81. The fourth-order valence-corrected chi connectivity index (χ4v) is 1.81. The standard InChI is InChI=1S/C12H12O2.3CO.Cr/c13-11-7-3-4-8-12(14)10-6-2-1-5-9(10)11;3*1-2;/h1-2,5-6H,3-4,7-8H2;;;;. The molecule has 0 amide bonds. The largest absolute Gasteiger partial charge is 0 e. The summed E-state index contributed by atoms with van der Waals surface area (Å²) < 4.78 is 22.5. The van der Waals surface area contributed by atoms with E-state index in [0.29, 0.717) is 24.0 Å². The summed E-state index contributed by atoms with van der Waals surface area (Å²) in [5.41, 5.74) is 1.22. The summed E-state index contributed by atoms with van der Waals surface area (Å²) >= 11 is 0. The van der Waals surface area contributed by atoms with E-state index < -0.39 is 0 Å². The minimum Gasteiger partial charge on any atom is 0 e. The van der Waals surface area contributed by atoms with E-state index in [1.165, 1.54) is 0 Å². The van der Waals surface area contributed by atoms with Gasteiger partial charge in [-0.2, -0.15) is 0 Å². The SMILES string of the molecule is O=C1CCCCC(=O)c2ccccc21.[C-]#[O+].[C-]#[O+].[C-]#[O+].[Cr]. The number of hydrogen-bond donors (Lipinski definition) is 0. The first-order valence-electron chi connectivity index (χ1n) is 5.56. The van der Waals surface area contributed by atoms with Crippen LogP contribution < -0.4 is 0 Å². The van der Waals surface area contributed by atoms with Gasteiger partial charge in [-0.25, -0.2) is 0 Å². The Hall–Kier alpha value is -1.69. The molecule has 1 aromatic rings. The zero-order valence-electron chi connectivity index (χ0n) is 11.1. The van der Waals surface area contributed by atoms with Gasteiger partial charge in [0.2, 0.25) is 0 Å². The molecule has 0 radical (unpaired) electrons. The number of rotatable bonds is 0. The molecule has 1 aromatic carbocycles. The molecule has 0 saturated heterocycles. The van der Waals surface area contributed by atoms with Crippen LogP contribution in [0.25, 0.3) is 0 Å². The summed E-state index contributed by atoms with van der Waals surface area (Å²) in [6.45, 7) is 13.5. The molecular weight excluding hydrogens is 312 g/mol.